The van der Waals surface area contributed by atoms with E-state index in [1.54, 1.807) is 0 Å². The van der Waals surface area contributed by atoms with Crippen LogP contribution in [0.4, 0.5) is 5.69 Å². The van der Waals surface area contributed by atoms with Gasteiger partial charge in [0.25, 0.3) is 5.91 Å². The molecule has 152 valence electrons. The minimum absolute atomic E-state index is 0.117. The number of carbonyl (C=O) groups is 1. The third kappa shape index (κ3) is 4.21. The molecule has 2 aromatic rings. The van der Waals surface area contributed by atoms with Gasteiger partial charge in [0.05, 0.1) is 0 Å². The van der Waals surface area contributed by atoms with E-state index in [1.807, 2.05) is 39.0 Å². The Bertz CT molecular complexity index is 910. The Morgan fingerprint density at radius 2 is 1.75 bits per heavy atom. The number of aryl methyl sites for hydroxylation is 2. The molecule has 0 radical (unpaired) electrons. The van der Waals surface area contributed by atoms with Crippen LogP contribution in [0.2, 0.25) is 0 Å². The lowest BCUT2D eigenvalue weighted by atomic mass is 10.00. The predicted molar refractivity (Wildman–Crippen MR) is 118 cm³/mol. The number of nitrogens with one attached hydrogen (secondary N) is 1. The second-order valence-electron chi connectivity index (χ2n) is 7.34. The summed E-state index contributed by atoms with van der Waals surface area (Å²) in [5.74, 6) is -0.297. The van der Waals surface area contributed by atoms with Crippen LogP contribution in [0.3, 0.4) is 0 Å². The molecule has 0 unspecified atom stereocenters. The van der Waals surface area contributed by atoms with Crippen molar-refractivity contribution in [1.29, 1.82) is 0 Å². The molecule has 2 rings (SSSR count). The Morgan fingerprint density at radius 3 is 2.32 bits per heavy atom. The highest BCUT2D eigenvalue weighted by Gasteiger charge is 2.23. The van der Waals surface area contributed by atoms with Crippen molar-refractivity contribution in [3.8, 4) is 0 Å². The second kappa shape index (κ2) is 9.72. The Labute approximate surface area is 169 Å². The van der Waals surface area contributed by atoms with Crippen LogP contribution >= 0.6 is 0 Å². The minimum Gasteiger partial charge on any atom is -0.348 e. The molecule has 28 heavy (non-hydrogen) atoms. The number of unbranched alkanes of at least 4 members (excludes halogenated alkanes) is 1. The second-order valence-corrected chi connectivity index (χ2v) is 7.34. The summed E-state index contributed by atoms with van der Waals surface area (Å²) >= 11 is 0. The Balaban J connectivity index is 2.62. The van der Waals surface area contributed by atoms with Crippen LogP contribution in [0.15, 0.2) is 23.0 Å². The summed E-state index contributed by atoms with van der Waals surface area (Å²) in [6.45, 7) is 13.0. The number of carbonyl (C=O) groups excluding carboxylic acids is 1. The molecule has 0 aliphatic rings. The number of hydrogen-bond acceptors (Lipinski definition) is 2. The van der Waals surface area contributed by atoms with Crippen LogP contribution in [-0.4, -0.2) is 10.5 Å². The van der Waals surface area contributed by atoms with E-state index in [-0.39, 0.29) is 16.9 Å². The molecule has 0 atom stereocenters. The van der Waals surface area contributed by atoms with Crippen LogP contribution in [0, 0.1) is 13.8 Å². The van der Waals surface area contributed by atoms with Crippen molar-refractivity contribution in [2.24, 2.45) is 0 Å². The number of hydrogen-bond donors (Lipinski definition) is 1. The maximum atomic E-state index is 13.2. The van der Waals surface area contributed by atoms with Crippen molar-refractivity contribution in [3.05, 3.63) is 62.1 Å². The molecule has 1 heterocycles. The molecule has 0 spiro atoms. The monoisotopic (exact) mass is 382 g/mol. The Kier molecular flexibility index (Phi) is 7.61. The van der Waals surface area contributed by atoms with Gasteiger partial charge in [-0.05, 0) is 50.7 Å². The number of amides is 1. The summed E-state index contributed by atoms with van der Waals surface area (Å²) in [6, 6.07) is 6.00. The number of para-hydroxylation sites is 1. The van der Waals surface area contributed by atoms with Crippen molar-refractivity contribution in [1.82, 2.24) is 4.57 Å². The predicted octanol–water partition coefficient (Wildman–Crippen LogP) is 5.20. The Hall–Kier alpha value is -2.36. The van der Waals surface area contributed by atoms with Gasteiger partial charge in [-0.2, -0.15) is 0 Å². The maximum absolute atomic E-state index is 13.2. The van der Waals surface area contributed by atoms with Gasteiger partial charge in [0, 0.05) is 29.2 Å². The van der Waals surface area contributed by atoms with Gasteiger partial charge in [0.1, 0.15) is 5.56 Å². The summed E-state index contributed by atoms with van der Waals surface area (Å²) in [6.07, 6.45) is 4.35. The highest BCUT2D eigenvalue weighted by atomic mass is 16.2. The van der Waals surface area contributed by atoms with Crippen molar-refractivity contribution in [3.63, 3.8) is 0 Å². The average molecular weight is 383 g/mol. The summed E-state index contributed by atoms with van der Waals surface area (Å²) in [5.41, 5.74) is 5.71. The molecular formula is C24H34N2O2. The fourth-order valence-electron chi connectivity index (χ4n) is 3.98. The molecule has 1 aromatic heterocycles. The number of benzene rings is 1. The molecule has 0 aliphatic carbocycles. The quantitative estimate of drug-likeness (QED) is 0.682. The fraction of sp³-hybridized carbons (Fsp3) is 0.500. The summed E-state index contributed by atoms with van der Waals surface area (Å²) < 4.78 is 2.19. The van der Waals surface area contributed by atoms with Crippen LogP contribution in [0.5, 0.6) is 0 Å². The topological polar surface area (TPSA) is 51.1 Å². The minimum atomic E-state index is -0.297. The standard InChI is InChI=1S/C24H34N2O2/c1-7-11-15-26-17(6)21(23(27)19(9-3)20(26)10-4)24(28)25-22-16(5)13-12-14-18(22)8-2/h12-14H,7-11,15H2,1-6H3,(H,25,28). The van der Waals surface area contributed by atoms with Gasteiger partial charge in [0.15, 0.2) is 5.43 Å². The first-order chi connectivity index (χ1) is 13.4. The van der Waals surface area contributed by atoms with E-state index in [2.05, 4.69) is 30.7 Å². The van der Waals surface area contributed by atoms with E-state index < -0.39 is 0 Å². The number of rotatable bonds is 8. The van der Waals surface area contributed by atoms with E-state index in [0.717, 1.165) is 66.0 Å². The number of pyridine rings is 1. The molecule has 1 N–H and O–H groups in total. The zero-order chi connectivity index (χ0) is 20.8. The molecule has 4 nitrogen and oxygen atoms in total. The van der Waals surface area contributed by atoms with Gasteiger partial charge in [-0.25, -0.2) is 0 Å². The lowest BCUT2D eigenvalue weighted by Gasteiger charge is -2.22. The van der Waals surface area contributed by atoms with E-state index in [0.29, 0.717) is 6.42 Å². The summed E-state index contributed by atoms with van der Waals surface area (Å²) in [7, 11) is 0. The van der Waals surface area contributed by atoms with Crippen LogP contribution in [-0.2, 0) is 25.8 Å². The number of anilines is 1. The van der Waals surface area contributed by atoms with Crippen LogP contribution in [0.1, 0.15) is 79.0 Å². The molecule has 0 bridgehead atoms. The molecule has 0 saturated carbocycles. The molecule has 0 aliphatic heterocycles. The van der Waals surface area contributed by atoms with Gasteiger partial charge in [-0.1, -0.05) is 52.3 Å². The third-order valence-corrected chi connectivity index (χ3v) is 5.57. The van der Waals surface area contributed by atoms with Crippen molar-refractivity contribution < 1.29 is 4.79 Å². The highest BCUT2D eigenvalue weighted by Crippen LogP contribution is 2.23. The molecule has 1 amide bonds. The van der Waals surface area contributed by atoms with Crippen molar-refractivity contribution in [2.75, 3.05) is 5.32 Å². The third-order valence-electron chi connectivity index (χ3n) is 5.57. The highest BCUT2D eigenvalue weighted by molar-refractivity contribution is 6.06. The van der Waals surface area contributed by atoms with E-state index in [4.69, 9.17) is 0 Å². The first kappa shape index (κ1) is 21.9. The largest absolute Gasteiger partial charge is 0.348 e. The van der Waals surface area contributed by atoms with Crippen LogP contribution in [0.25, 0.3) is 0 Å². The van der Waals surface area contributed by atoms with Crippen LogP contribution < -0.4 is 10.7 Å². The normalized spacial score (nSPS) is 10.9. The zero-order valence-corrected chi connectivity index (χ0v) is 18.2. The maximum Gasteiger partial charge on any atom is 0.261 e. The zero-order valence-electron chi connectivity index (χ0n) is 18.2. The van der Waals surface area contributed by atoms with Gasteiger partial charge >= 0.3 is 0 Å². The first-order valence-electron chi connectivity index (χ1n) is 10.6. The fourth-order valence-corrected chi connectivity index (χ4v) is 3.98. The number of aromatic nitrogens is 1. The molecular weight excluding hydrogens is 348 g/mol. The van der Waals surface area contributed by atoms with E-state index >= 15 is 0 Å². The SMILES string of the molecule is CCCCn1c(C)c(C(=O)Nc2c(C)cccc2CC)c(=O)c(CC)c1CC. The molecule has 0 fully saturated rings. The average Bonchev–Trinajstić information content (AvgIpc) is 2.68. The molecule has 0 saturated heterocycles. The first-order valence-corrected chi connectivity index (χ1v) is 10.6. The van der Waals surface area contributed by atoms with Gasteiger partial charge in [-0.3, -0.25) is 9.59 Å². The smallest absolute Gasteiger partial charge is 0.261 e. The van der Waals surface area contributed by atoms with Gasteiger partial charge in [-0.15, -0.1) is 0 Å². The Morgan fingerprint density at radius 1 is 1.04 bits per heavy atom. The van der Waals surface area contributed by atoms with Gasteiger partial charge < -0.3 is 9.88 Å². The summed E-state index contributed by atoms with van der Waals surface area (Å²) in [4.78, 5) is 26.5. The lowest BCUT2D eigenvalue weighted by molar-refractivity contribution is 0.102. The lowest BCUT2D eigenvalue weighted by Crippen LogP contribution is -2.31. The van der Waals surface area contributed by atoms with Crippen molar-refractivity contribution in [2.45, 2.75) is 80.2 Å². The van der Waals surface area contributed by atoms with Gasteiger partial charge in [0.2, 0.25) is 0 Å². The molecule has 1 aromatic carbocycles. The summed E-state index contributed by atoms with van der Waals surface area (Å²) in [5, 5.41) is 3.05. The van der Waals surface area contributed by atoms with E-state index in [1.165, 1.54) is 0 Å². The molecule has 4 heteroatoms. The number of nitrogens with zero attached hydrogens (tertiary/aromatic N) is 1. The van der Waals surface area contributed by atoms with Crippen molar-refractivity contribution >= 4 is 11.6 Å². The van der Waals surface area contributed by atoms with E-state index in [9.17, 15) is 9.59 Å².